The van der Waals surface area contributed by atoms with Gasteiger partial charge in [-0.1, -0.05) is 42.5 Å². The Morgan fingerprint density at radius 3 is 2.21 bits per heavy atom. The first kappa shape index (κ1) is 25.6. The first-order chi connectivity index (χ1) is 12.9. The minimum atomic E-state index is 0. The van der Waals surface area contributed by atoms with Gasteiger partial charge in [0.25, 0.3) is 0 Å². The van der Waals surface area contributed by atoms with Crippen LogP contribution in [0.5, 0.6) is 0 Å². The molecule has 0 heterocycles. The molecular formula is C25H19Cl2SiZr. The van der Waals surface area contributed by atoms with E-state index < -0.39 is 0 Å². The van der Waals surface area contributed by atoms with Crippen LogP contribution in [-0.2, 0) is 32.2 Å². The second-order valence-electron chi connectivity index (χ2n) is 6.26. The Labute approximate surface area is 206 Å². The first-order valence-corrected chi connectivity index (χ1v) is 10.1. The van der Waals surface area contributed by atoms with Crippen molar-refractivity contribution in [2.45, 2.75) is 6.04 Å². The van der Waals surface area contributed by atoms with Gasteiger partial charge in [-0.2, -0.15) is 28.8 Å². The van der Waals surface area contributed by atoms with E-state index in [4.69, 9.17) is 0 Å². The molecule has 29 heavy (non-hydrogen) atoms. The molecule has 0 aromatic heterocycles. The summed E-state index contributed by atoms with van der Waals surface area (Å²) in [5, 5.41) is 6.55. The van der Waals surface area contributed by atoms with Crippen molar-refractivity contribution >= 4 is 37.2 Å². The van der Waals surface area contributed by atoms with E-state index >= 15 is 0 Å². The predicted octanol–water partition coefficient (Wildman–Crippen LogP) is -2.22. The molecule has 0 atom stereocenters. The maximum absolute atomic E-state index is 3.48. The molecule has 0 fully saturated rings. The Kier molecular flexibility index (Phi) is 11.5. The summed E-state index contributed by atoms with van der Waals surface area (Å²) in [5.41, 5.74) is 1.41. The second-order valence-corrected chi connectivity index (χ2v) is 7.51. The monoisotopic (exact) mass is 507 g/mol. The van der Waals surface area contributed by atoms with E-state index in [0.717, 1.165) is 15.2 Å². The van der Waals surface area contributed by atoms with Crippen molar-refractivity contribution in [3.63, 3.8) is 0 Å². The van der Waals surface area contributed by atoms with Gasteiger partial charge in [-0.25, -0.2) is 0 Å². The van der Waals surface area contributed by atoms with Crippen molar-refractivity contribution < 1.29 is 51.0 Å². The van der Waals surface area contributed by atoms with Crippen LogP contribution in [-0.4, -0.2) is 14.3 Å². The standard InChI is InChI=1S/C16H12Si.C9H7.2ClH.Zr/c1-2-6-13(7-3-1)12-17-16-10-14-8-4-5-9-15(14)11-16;1-2-5-9-7-3-6-8(9)4-1;;;/h1-10H,12H2;1-7H;2*1H;/q2*-1;;;+4/p-2. The number of benzene rings is 3. The third kappa shape index (κ3) is 7.08. The van der Waals surface area contributed by atoms with Gasteiger partial charge >= 0.3 is 26.2 Å². The number of rotatable bonds is 2. The number of halogens is 2. The predicted molar refractivity (Wildman–Crippen MR) is 114 cm³/mol. The Hall–Kier alpha value is -1.44. The fourth-order valence-electron chi connectivity index (χ4n) is 3.03. The Bertz CT molecular complexity index is 1100. The number of hydrogen-bond acceptors (Lipinski definition) is 0. The second kappa shape index (κ2) is 13.0. The van der Waals surface area contributed by atoms with Crippen LogP contribution >= 0.6 is 0 Å². The van der Waals surface area contributed by atoms with Gasteiger partial charge in [0, 0.05) is 9.13 Å². The van der Waals surface area contributed by atoms with E-state index in [1.165, 1.54) is 31.9 Å². The largest absolute Gasteiger partial charge is 4.00 e. The van der Waals surface area contributed by atoms with E-state index in [1.807, 2.05) is 0 Å². The maximum atomic E-state index is 3.48. The molecule has 0 saturated carbocycles. The van der Waals surface area contributed by atoms with Gasteiger partial charge in [0.2, 0.25) is 0 Å². The van der Waals surface area contributed by atoms with E-state index in [2.05, 4.69) is 109 Å². The molecule has 0 saturated heterocycles. The van der Waals surface area contributed by atoms with E-state index in [9.17, 15) is 0 Å². The summed E-state index contributed by atoms with van der Waals surface area (Å²) in [6, 6.07) is 34.9. The molecule has 0 unspecified atom stereocenters. The van der Waals surface area contributed by atoms with Crippen LogP contribution in [0.25, 0.3) is 22.9 Å². The number of fused-ring (bicyclic) bond motifs is 2. The van der Waals surface area contributed by atoms with Gasteiger partial charge in [-0.15, -0.1) is 64.3 Å². The smallest absolute Gasteiger partial charge is 1.00 e. The first-order valence-electron chi connectivity index (χ1n) is 8.84. The van der Waals surface area contributed by atoms with Crippen molar-refractivity contribution in [2.75, 3.05) is 0 Å². The molecule has 0 amide bonds. The third-order valence-electron chi connectivity index (χ3n) is 4.40. The molecule has 5 rings (SSSR count). The van der Waals surface area contributed by atoms with Crippen molar-refractivity contribution in [3.8, 4) is 0 Å². The van der Waals surface area contributed by atoms with Gasteiger partial charge in [0.1, 0.15) is 0 Å². The Morgan fingerprint density at radius 2 is 1.45 bits per heavy atom. The minimum Gasteiger partial charge on any atom is -1.00 e. The van der Waals surface area contributed by atoms with Gasteiger partial charge < -0.3 is 24.8 Å². The Morgan fingerprint density at radius 1 is 0.759 bits per heavy atom. The average Bonchev–Trinajstić information content (AvgIpc) is 3.34. The number of hydrogen-bond donors (Lipinski definition) is 0. The maximum Gasteiger partial charge on any atom is 4.00 e. The van der Waals surface area contributed by atoms with Crippen molar-refractivity contribution in [1.29, 1.82) is 0 Å². The molecule has 1 radical (unpaired) electrons. The molecular weight excluding hydrogens is 490 g/mol. The molecule has 4 heteroatoms. The topological polar surface area (TPSA) is 0 Å². The molecule has 0 N–H and O–H groups in total. The van der Waals surface area contributed by atoms with Crippen molar-refractivity contribution in [1.82, 2.24) is 0 Å². The summed E-state index contributed by atoms with van der Waals surface area (Å²) < 4.78 is 0. The van der Waals surface area contributed by atoms with Gasteiger partial charge in [-0.05, 0) is 11.6 Å². The molecule has 1 aliphatic carbocycles. The summed E-state index contributed by atoms with van der Waals surface area (Å²) in [6.45, 7) is 0. The van der Waals surface area contributed by atoms with E-state index in [1.54, 1.807) is 0 Å². The van der Waals surface area contributed by atoms with E-state index in [-0.39, 0.29) is 51.0 Å². The fraction of sp³-hybridized carbons (Fsp3) is 0.0400. The van der Waals surface area contributed by atoms with E-state index in [0.29, 0.717) is 0 Å². The summed E-state index contributed by atoms with van der Waals surface area (Å²) in [6.07, 6.45) is 5.74. The molecule has 141 valence electrons. The van der Waals surface area contributed by atoms with Crippen molar-refractivity contribution in [2.24, 2.45) is 0 Å². The molecule has 0 aliphatic heterocycles. The van der Waals surface area contributed by atoms with Gasteiger partial charge in [0.05, 0.1) is 0 Å². The molecule has 0 spiro atoms. The SMILES string of the molecule is [C-]1=c2ccccc2=CC1=[Si]Cc1ccccc1.[Cl-].[Cl-].[Zr+4].c1ccc2[cH-]ccc2c1. The zero-order valence-electron chi connectivity index (χ0n) is 15.8. The zero-order valence-corrected chi connectivity index (χ0v) is 20.7. The molecule has 4 aromatic rings. The van der Waals surface area contributed by atoms with Crippen LogP contribution in [0.3, 0.4) is 0 Å². The van der Waals surface area contributed by atoms with Crippen LogP contribution in [0.15, 0.2) is 97.1 Å². The summed E-state index contributed by atoms with van der Waals surface area (Å²) in [7, 11) is 0.810. The summed E-state index contributed by atoms with van der Waals surface area (Å²) in [4.78, 5) is 0. The Balaban J connectivity index is 0.000000302. The molecule has 1 aliphatic rings. The molecule has 0 nitrogen and oxygen atoms in total. The minimum absolute atomic E-state index is 0. The van der Waals surface area contributed by atoms with Crippen molar-refractivity contribution in [3.05, 3.63) is 113 Å². The van der Waals surface area contributed by atoms with Crippen LogP contribution in [0.4, 0.5) is 0 Å². The zero-order chi connectivity index (χ0) is 17.6. The normalized spacial score (nSPS) is 12.1. The van der Waals surface area contributed by atoms with Gasteiger partial charge in [-0.3, -0.25) is 0 Å². The average molecular weight is 510 g/mol. The summed E-state index contributed by atoms with van der Waals surface area (Å²) in [5.74, 6) is 0. The van der Waals surface area contributed by atoms with Crippen LogP contribution < -0.4 is 35.3 Å². The summed E-state index contributed by atoms with van der Waals surface area (Å²) >= 11 is 0. The third-order valence-corrected chi connectivity index (χ3v) is 5.64. The molecule has 4 aromatic carbocycles. The van der Waals surface area contributed by atoms with Crippen LogP contribution in [0.1, 0.15) is 5.56 Å². The quantitative estimate of drug-likeness (QED) is 0.212. The van der Waals surface area contributed by atoms with Crippen LogP contribution in [0.2, 0.25) is 0 Å². The fourth-order valence-corrected chi connectivity index (χ4v) is 4.14. The van der Waals surface area contributed by atoms with Gasteiger partial charge in [0.15, 0.2) is 0 Å². The molecule has 0 bridgehead atoms. The van der Waals surface area contributed by atoms with Crippen LogP contribution in [0, 0.1) is 0 Å².